The quantitative estimate of drug-likeness (QED) is 0.579. The standard InChI is InChI=1S/C5H3N2PS2/c9-4-1-3-2-6-8-7-5(3)10-4/h2H,1H2. The smallest absolute Gasteiger partial charge is 0.155 e. The highest BCUT2D eigenvalue weighted by Gasteiger charge is 2.16. The number of thiocarbonyl (C=S) groups is 1. The second-order valence-electron chi connectivity index (χ2n) is 1.92. The summed E-state index contributed by atoms with van der Waals surface area (Å²) in [4.78, 5) is 0. The van der Waals surface area contributed by atoms with Gasteiger partial charge in [0.1, 0.15) is 5.03 Å². The van der Waals surface area contributed by atoms with E-state index in [1.165, 1.54) is 5.56 Å². The first-order valence-electron chi connectivity index (χ1n) is 2.74. The van der Waals surface area contributed by atoms with Gasteiger partial charge in [0.25, 0.3) is 0 Å². The molecule has 0 aliphatic carbocycles. The summed E-state index contributed by atoms with van der Waals surface area (Å²) in [5.41, 5.74) is 1.19. The van der Waals surface area contributed by atoms with Crippen molar-refractivity contribution in [2.75, 3.05) is 0 Å². The molecule has 0 saturated carbocycles. The number of hydrogen-bond donors (Lipinski definition) is 0. The number of rotatable bonds is 0. The summed E-state index contributed by atoms with van der Waals surface area (Å²) < 4.78 is 9.19. The molecule has 5 heteroatoms. The predicted octanol–water partition coefficient (Wildman–Crippen LogP) is 2.03. The normalized spacial score (nSPS) is 16.2. The van der Waals surface area contributed by atoms with E-state index in [4.69, 9.17) is 12.2 Å². The number of fused-ring (bicyclic) bond motifs is 1. The Bertz CT molecular complexity index is 262. The highest BCUT2D eigenvalue weighted by atomic mass is 32.2. The van der Waals surface area contributed by atoms with Crippen LogP contribution in [0.3, 0.4) is 0 Å². The number of nitrogens with zero attached hydrogens (tertiary/aromatic N) is 2. The Hall–Kier alpha value is -0.0500. The van der Waals surface area contributed by atoms with Crippen LogP contribution in [0.2, 0.25) is 0 Å². The Balaban J connectivity index is 2.51. The van der Waals surface area contributed by atoms with Crippen LogP contribution in [0.15, 0.2) is 11.2 Å². The van der Waals surface area contributed by atoms with Crippen molar-refractivity contribution >= 4 is 36.7 Å². The number of aromatic nitrogens is 2. The van der Waals surface area contributed by atoms with E-state index in [-0.39, 0.29) is 0 Å². The third-order valence-electron chi connectivity index (χ3n) is 1.22. The first-order chi connectivity index (χ1) is 4.86. The summed E-state index contributed by atoms with van der Waals surface area (Å²) in [6, 6.07) is 0. The molecule has 1 aliphatic rings. The van der Waals surface area contributed by atoms with Gasteiger partial charge in [-0.2, -0.15) is 0 Å². The summed E-state index contributed by atoms with van der Waals surface area (Å²) in [5, 5.41) is 1.07. The van der Waals surface area contributed by atoms with Gasteiger partial charge in [-0.05, 0) is 0 Å². The molecule has 1 aromatic rings. The van der Waals surface area contributed by atoms with Crippen LogP contribution in [0.5, 0.6) is 0 Å². The van der Waals surface area contributed by atoms with Gasteiger partial charge < -0.3 is 0 Å². The van der Waals surface area contributed by atoms with Gasteiger partial charge >= 0.3 is 0 Å². The molecule has 0 amide bonds. The van der Waals surface area contributed by atoms with Gasteiger partial charge in [-0.3, -0.25) is 0 Å². The molecule has 0 fully saturated rings. The molecule has 2 nitrogen and oxygen atoms in total. The van der Waals surface area contributed by atoms with Crippen molar-refractivity contribution < 1.29 is 0 Å². The molecule has 0 atom stereocenters. The highest BCUT2D eigenvalue weighted by molar-refractivity contribution is 8.23. The molecule has 0 radical (unpaired) electrons. The molecule has 0 N–H and O–H groups in total. The minimum absolute atomic E-state index is 0.795. The zero-order chi connectivity index (χ0) is 6.97. The van der Waals surface area contributed by atoms with E-state index >= 15 is 0 Å². The number of thioether (sulfide) groups is 1. The van der Waals surface area contributed by atoms with Crippen molar-refractivity contribution in [1.82, 2.24) is 9.49 Å². The summed E-state index contributed by atoms with van der Waals surface area (Å²) in [6.07, 6.45) is 2.74. The molecule has 2 rings (SSSR count). The van der Waals surface area contributed by atoms with Crippen LogP contribution in [0.25, 0.3) is 0 Å². The summed E-state index contributed by atoms with van der Waals surface area (Å²) in [6.45, 7) is 0. The average Bonchev–Trinajstić information content (AvgIpc) is 2.27. The van der Waals surface area contributed by atoms with Crippen molar-refractivity contribution in [1.29, 1.82) is 0 Å². The lowest BCUT2D eigenvalue weighted by Gasteiger charge is -1.88. The molecule has 0 spiro atoms. The molecule has 0 aromatic carbocycles. The molecule has 10 heavy (non-hydrogen) atoms. The van der Waals surface area contributed by atoms with Crippen LogP contribution in [0.4, 0.5) is 0 Å². The maximum absolute atomic E-state index is 5.03. The van der Waals surface area contributed by atoms with Crippen molar-refractivity contribution in [3.05, 3.63) is 11.8 Å². The summed E-state index contributed by atoms with van der Waals surface area (Å²) in [5.74, 6) is 0. The third kappa shape index (κ3) is 1.07. The lowest BCUT2D eigenvalue weighted by Crippen LogP contribution is -1.83. The van der Waals surface area contributed by atoms with Gasteiger partial charge in [-0.1, -0.05) is 24.0 Å². The molecule has 0 saturated heterocycles. The third-order valence-corrected chi connectivity index (χ3v) is 3.18. The van der Waals surface area contributed by atoms with Crippen molar-refractivity contribution in [2.45, 2.75) is 11.4 Å². The van der Waals surface area contributed by atoms with Crippen molar-refractivity contribution in [3.8, 4) is 0 Å². The zero-order valence-corrected chi connectivity index (χ0v) is 7.47. The second-order valence-corrected chi connectivity index (χ2v) is 4.36. The first kappa shape index (κ1) is 6.65. The maximum Gasteiger partial charge on any atom is 0.155 e. The molecular weight excluding hydrogens is 183 g/mol. The second kappa shape index (κ2) is 2.53. The van der Waals surface area contributed by atoms with Crippen LogP contribution < -0.4 is 0 Å². The van der Waals surface area contributed by atoms with E-state index in [1.807, 2.05) is 6.20 Å². The first-order valence-corrected chi connectivity index (χ1v) is 4.76. The van der Waals surface area contributed by atoms with Gasteiger partial charge in [0.15, 0.2) is 8.51 Å². The Kier molecular flexibility index (Phi) is 1.68. The highest BCUT2D eigenvalue weighted by Crippen LogP contribution is 2.31. The minimum atomic E-state index is 0.795. The Morgan fingerprint density at radius 2 is 2.60 bits per heavy atom. The lowest BCUT2D eigenvalue weighted by atomic mass is 10.3. The van der Waals surface area contributed by atoms with Gasteiger partial charge in [-0.25, -0.2) is 9.49 Å². The van der Waals surface area contributed by atoms with E-state index < -0.39 is 0 Å². The molecular formula is C5H3N2PS2. The summed E-state index contributed by atoms with van der Waals surface area (Å²) >= 11 is 6.63. The van der Waals surface area contributed by atoms with Gasteiger partial charge in [-0.15, -0.1) is 0 Å². The predicted molar refractivity (Wildman–Crippen MR) is 46.7 cm³/mol. The Morgan fingerprint density at radius 3 is 3.40 bits per heavy atom. The SMILES string of the molecule is S=C1Cc2cnpnc2S1. The fraction of sp³-hybridized carbons (Fsp3) is 0.200. The van der Waals surface area contributed by atoms with Crippen LogP contribution in [0.1, 0.15) is 5.56 Å². The molecule has 50 valence electrons. The van der Waals surface area contributed by atoms with E-state index in [2.05, 4.69) is 9.49 Å². The monoisotopic (exact) mass is 186 g/mol. The van der Waals surface area contributed by atoms with Gasteiger partial charge in [0.2, 0.25) is 0 Å². The maximum atomic E-state index is 5.03. The largest absolute Gasteiger partial charge is 0.216 e. The van der Waals surface area contributed by atoms with Crippen LogP contribution in [-0.2, 0) is 6.42 Å². The molecule has 1 aromatic heterocycles. The van der Waals surface area contributed by atoms with E-state index in [1.54, 1.807) is 11.8 Å². The molecule has 0 bridgehead atoms. The fourth-order valence-electron chi connectivity index (χ4n) is 0.788. The van der Waals surface area contributed by atoms with E-state index in [0.29, 0.717) is 0 Å². The van der Waals surface area contributed by atoms with Gasteiger partial charge in [0.05, 0.1) is 4.20 Å². The van der Waals surface area contributed by atoms with Crippen LogP contribution in [0, 0.1) is 0 Å². The Labute approximate surface area is 69.7 Å². The number of hydrogen-bond acceptors (Lipinski definition) is 4. The lowest BCUT2D eigenvalue weighted by molar-refractivity contribution is 1.13. The van der Waals surface area contributed by atoms with Crippen molar-refractivity contribution in [3.63, 3.8) is 0 Å². The van der Waals surface area contributed by atoms with Crippen molar-refractivity contribution in [2.24, 2.45) is 0 Å². The average molecular weight is 186 g/mol. The Morgan fingerprint density at radius 1 is 1.70 bits per heavy atom. The molecule has 0 unspecified atom stereocenters. The topological polar surface area (TPSA) is 25.8 Å². The fourth-order valence-corrected chi connectivity index (χ4v) is 2.60. The molecule has 1 aliphatic heterocycles. The minimum Gasteiger partial charge on any atom is -0.216 e. The summed E-state index contributed by atoms with van der Waals surface area (Å²) in [7, 11) is 0.795. The van der Waals surface area contributed by atoms with Crippen LogP contribution >= 0.6 is 32.5 Å². The van der Waals surface area contributed by atoms with E-state index in [9.17, 15) is 0 Å². The van der Waals surface area contributed by atoms with Crippen LogP contribution in [-0.4, -0.2) is 13.7 Å². The zero-order valence-electron chi connectivity index (χ0n) is 4.94. The van der Waals surface area contributed by atoms with E-state index in [0.717, 1.165) is 24.2 Å². The molecule has 2 heterocycles. The van der Waals surface area contributed by atoms with Gasteiger partial charge in [0, 0.05) is 18.2 Å².